The summed E-state index contributed by atoms with van der Waals surface area (Å²) in [4.78, 5) is 0. The molecule has 4 rings (SSSR count). The molecule has 0 radical (unpaired) electrons. The third kappa shape index (κ3) is 2.74. The second-order valence-corrected chi connectivity index (χ2v) is 6.68. The van der Waals surface area contributed by atoms with Gasteiger partial charge in [-0.1, -0.05) is 66.7 Å². The van der Waals surface area contributed by atoms with Gasteiger partial charge in [0.05, 0.1) is 0 Å². The molecule has 0 bridgehead atoms. The van der Waals surface area contributed by atoms with E-state index in [4.69, 9.17) is 4.74 Å². The molecule has 4 aromatic rings. The van der Waals surface area contributed by atoms with Crippen molar-refractivity contribution in [2.45, 2.75) is 19.4 Å². The summed E-state index contributed by atoms with van der Waals surface area (Å²) in [5.74, 6) is 0.895. The maximum atomic E-state index is 6.34. The maximum Gasteiger partial charge on any atom is 0.128 e. The van der Waals surface area contributed by atoms with Crippen LogP contribution in [0.2, 0.25) is 0 Å². The summed E-state index contributed by atoms with van der Waals surface area (Å²) in [5.41, 5.74) is 0.779. The third-order valence-electron chi connectivity index (χ3n) is 4.54. The highest BCUT2D eigenvalue weighted by Crippen LogP contribution is 2.31. The monoisotopic (exact) mass is 312 g/mol. The van der Waals surface area contributed by atoms with Gasteiger partial charge in [-0.15, -0.1) is 0 Å². The molecular weight excluding hydrogens is 292 g/mol. The van der Waals surface area contributed by atoms with Crippen molar-refractivity contribution in [3.8, 4) is 5.75 Å². The van der Waals surface area contributed by atoms with Gasteiger partial charge in [0.1, 0.15) is 11.4 Å². The first-order valence-electron chi connectivity index (χ1n) is 8.29. The summed E-state index contributed by atoms with van der Waals surface area (Å²) in [6.07, 6.45) is 0. The first-order valence-corrected chi connectivity index (χ1v) is 8.29. The molecule has 0 saturated carbocycles. The van der Waals surface area contributed by atoms with E-state index < -0.39 is 5.60 Å². The van der Waals surface area contributed by atoms with Crippen LogP contribution in [0, 0.1) is 0 Å². The van der Waals surface area contributed by atoms with Crippen LogP contribution in [0.4, 0.5) is 0 Å². The van der Waals surface area contributed by atoms with Gasteiger partial charge in [-0.05, 0) is 59.2 Å². The molecule has 1 nitrogen and oxygen atoms in total. The van der Waals surface area contributed by atoms with Crippen LogP contribution in [0.3, 0.4) is 0 Å². The van der Waals surface area contributed by atoms with Crippen LogP contribution in [-0.2, 0) is 5.60 Å². The molecule has 0 N–H and O–H groups in total. The second-order valence-electron chi connectivity index (χ2n) is 6.68. The van der Waals surface area contributed by atoms with Gasteiger partial charge in [0, 0.05) is 0 Å². The molecule has 0 heterocycles. The molecular formula is C23H20O. The van der Waals surface area contributed by atoms with E-state index in [2.05, 4.69) is 92.7 Å². The average molecular weight is 312 g/mol. The third-order valence-corrected chi connectivity index (χ3v) is 4.54. The van der Waals surface area contributed by atoms with Gasteiger partial charge in [-0.3, -0.25) is 0 Å². The van der Waals surface area contributed by atoms with Gasteiger partial charge >= 0.3 is 0 Å². The van der Waals surface area contributed by atoms with Crippen molar-refractivity contribution in [2.24, 2.45) is 0 Å². The highest BCUT2D eigenvalue weighted by molar-refractivity contribution is 5.84. The molecule has 118 valence electrons. The van der Waals surface area contributed by atoms with Gasteiger partial charge in [-0.2, -0.15) is 0 Å². The Hall–Kier alpha value is -2.80. The highest BCUT2D eigenvalue weighted by Gasteiger charge is 2.23. The van der Waals surface area contributed by atoms with Crippen LogP contribution in [0.1, 0.15) is 19.4 Å². The quantitative estimate of drug-likeness (QED) is 0.431. The SMILES string of the molecule is CC(C)(Oc1ccc2ccccc2c1)c1ccc2ccccc2c1. The van der Waals surface area contributed by atoms with Gasteiger partial charge in [-0.25, -0.2) is 0 Å². The smallest absolute Gasteiger partial charge is 0.128 e. The van der Waals surface area contributed by atoms with Crippen molar-refractivity contribution < 1.29 is 4.74 Å². The number of hydrogen-bond acceptors (Lipinski definition) is 1. The summed E-state index contributed by atoms with van der Waals surface area (Å²) in [7, 11) is 0. The Labute approximate surface area is 142 Å². The molecule has 0 amide bonds. The zero-order chi connectivity index (χ0) is 16.6. The molecule has 0 aliphatic rings. The molecule has 1 heteroatoms. The van der Waals surface area contributed by atoms with E-state index in [9.17, 15) is 0 Å². The van der Waals surface area contributed by atoms with Crippen LogP contribution < -0.4 is 4.74 Å². The van der Waals surface area contributed by atoms with E-state index in [0.29, 0.717) is 0 Å². The number of rotatable bonds is 3. The normalized spacial score (nSPS) is 11.8. The van der Waals surface area contributed by atoms with Gasteiger partial charge in [0.25, 0.3) is 0 Å². The van der Waals surface area contributed by atoms with Crippen molar-refractivity contribution in [3.63, 3.8) is 0 Å². The largest absolute Gasteiger partial charge is 0.483 e. The number of benzene rings is 4. The zero-order valence-corrected chi connectivity index (χ0v) is 14.0. The Balaban J connectivity index is 1.69. The fraction of sp³-hybridized carbons (Fsp3) is 0.130. The molecule has 0 unspecified atom stereocenters. The lowest BCUT2D eigenvalue weighted by Crippen LogP contribution is -2.25. The first-order chi connectivity index (χ1) is 11.6. The molecule has 0 aliphatic heterocycles. The van der Waals surface area contributed by atoms with E-state index in [-0.39, 0.29) is 0 Å². The van der Waals surface area contributed by atoms with Crippen LogP contribution in [0.25, 0.3) is 21.5 Å². The predicted octanol–water partition coefficient (Wildman–Crippen LogP) is 6.31. The lowest BCUT2D eigenvalue weighted by molar-refractivity contribution is 0.109. The van der Waals surface area contributed by atoms with E-state index in [0.717, 1.165) is 5.75 Å². The van der Waals surface area contributed by atoms with Crippen molar-refractivity contribution >= 4 is 21.5 Å². The fourth-order valence-electron chi connectivity index (χ4n) is 3.15. The van der Waals surface area contributed by atoms with E-state index >= 15 is 0 Å². The maximum absolute atomic E-state index is 6.34. The molecule has 0 saturated heterocycles. The Kier molecular flexibility index (Phi) is 3.50. The minimum atomic E-state index is -0.396. The van der Waals surface area contributed by atoms with Crippen LogP contribution >= 0.6 is 0 Å². The zero-order valence-electron chi connectivity index (χ0n) is 14.0. The Bertz CT molecular complexity index is 1010. The fourth-order valence-corrected chi connectivity index (χ4v) is 3.15. The summed E-state index contributed by atoms with van der Waals surface area (Å²) in [6.45, 7) is 4.23. The van der Waals surface area contributed by atoms with Gasteiger partial charge in [0.15, 0.2) is 0 Å². The van der Waals surface area contributed by atoms with E-state index in [1.54, 1.807) is 0 Å². The number of ether oxygens (including phenoxy) is 1. The molecule has 24 heavy (non-hydrogen) atoms. The summed E-state index contributed by atoms with van der Waals surface area (Å²) in [5, 5.41) is 4.92. The molecule has 4 aromatic carbocycles. The molecule has 0 aromatic heterocycles. The molecule has 0 fully saturated rings. The van der Waals surface area contributed by atoms with Crippen LogP contribution in [0.15, 0.2) is 84.9 Å². The van der Waals surface area contributed by atoms with E-state index in [1.165, 1.54) is 27.1 Å². The second kappa shape index (κ2) is 5.68. The molecule has 0 atom stereocenters. The van der Waals surface area contributed by atoms with Crippen molar-refractivity contribution in [1.29, 1.82) is 0 Å². The Morgan fingerprint density at radius 2 is 1.12 bits per heavy atom. The van der Waals surface area contributed by atoms with Crippen molar-refractivity contribution in [2.75, 3.05) is 0 Å². The molecule has 0 aliphatic carbocycles. The summed E-state index contributed by atoms with van der Waals surface area (Å²) in [6, 6.07) is 29.6. The number of fused-ring (bicyclic) bond motifs is 2. The predicted molar refractivity (Wildman–Crippen MR) is 102 cm³/mol. The van der Waals surface area contributed by atoms with Gasteiger partial charge < -0.3 is 4.74 Å². The topological polar surface area (TPSA) is 9.23 Å². The lowest BCUT2D eigenvalue weighted by atomic mass is 9.95. The van der Waals surface area contributed by atoms with Crippen molar-refractivity contribution in [1.82, 2.24) is 0 Å². The Morgan fingerprint density at radius 3 is 1.79 bits per heavy atom. The average Bonchev–Trinajstić information content (AvgIpc) is 2.61. The Morgan fingerprint density at radius 1 is 0.583 bits per heavy atom. The van der Waals surface area contributed by atoms with Gasteiger partial charge in [0.2, 0.25) is 0 Å². The summed E-state index contributed by atoms with van der Waals surface area (Å²) < 4.78 is 6.34. The first kappa shape index (κ1) is 14.8. The summed E-state index contributed by atoms with van der Waals surface area (Å²) >= 11 is 0. The van der Waals surface area contributed by atoms with Crippen LogP contribution in [0.5, 0.6) is 5.75 Å². The van der Waals surface area contributed by atoms with Crippen LogP contribution in [-0.4, -0.2) is 0 Å². The van der Waals surface area contributed by atoms with Crippen molar-refractivity contribution in [3.05, 3.63) is 90.5 Å². The minimum absolute atomic E-state index is 0.396. The molecule has 0 spiro atoms. The standard InChI is InChI=1S/C23H20O/c1-23(2,21-13-11-17-7-3-5-9-19(17)15-21)24-22-14-12-18-8-4-6-10-20(18)16-22/h3-16H,1-2H3. The minimum Gasteiger partial charge on any atom is -0.483 e. The highest BCUT2D eigenvalue weighted by atomic mass is 16.5. The lowest BCUT2D eigenvalue weighted by Gasteiger charge is -2.27. The number of hydrogen-bond donors (Lipinski definition) is 0. The van der Waals surface area contributed by atoms with E-state index in [1.807, 2.05) is 6.07 Å².